The molecule has 5 nitrogen and oxygen atoms in total. The van der Waals surface area contributed by atoms with Gasteiger partial charge < -0.3 is 9.84 Å². The summed E-state index contributed by atoms with van der Waals surface area (Å²) >= 11 is 6.27. The van der Waals surface area contributed by atoms with Crippen molar-refractivity contribution in [1.29, 1.82) is 0 Å². The van der Waals surface area contributed by atoms with Crippen molar-refractivity contribution in [2.45, 2.75) is 25.0 Å². The molecule has 0 aliphatic carbocycles. The third kappa shape index (κ3) is 1.97. The van der Waals surface area contributed by atoms with E-state index in [1.807, 2.05) is 0 Å². The summed E-state index contributed by atoms with van der Waals surface area (Å²) in [7, 11) is 3.41. The first kappa shape index (κ1) is 13.7. The summed E-state index contributed by atoms with van der Waals surface area (Å²) in [4.78, 5) is 11.9. The van der Waals surface area contributed by atoms with E-state index in [0.29, 0.717) is 17.2 Å². The van der Waals surface area contributed by atoms with Crippen LogP contribution in [0.4, 0.5) is 0 Å². The first-order valence-corrected chi connectivity index (χ1v) is 7.03. The summed E-state index contributed by atoms with van der Waals surface area (Å²) in [6, 6.07) is 3.51. The molecule has 0 bridgehead atoms. The molecule has 2 atom stereocenters. The normalized spacial score (nSPS) is 20.7. The van der Waals surface area contributed by atoms with Crippen molar-refractivity contribution in [3.63, 3.8) is 0 Å². The van der Waals surface area contributed by atoms with E-state index in [2.05, 4.69) is 0 Å². The van der Waals surface area contributed by atoms with Crippen molar-refractivity contribution in [3.8, 4) is 0 Å². The molecule has 2 heterocycles. The fourth-order valence-electron chi connectivity index (χ4n) is 2.81. The molecular formula is C14H17ClN2O3. The molecule has 3 rings (SSSR count). The minimum atomic E-state index is -0.760. The number of aliphatic hydroxyl groups excluding tert-OH is 1. The quantitative estimate of drug-likeness (QED) is 0.918. The van der Waals surface area contributed by atoms with Crippen LogP contribution < -0.4 is 5.69 Å². The van der Waals surface area contributed by atoms with E-state index >= 15 is 0 Å². The standard InChI is InChI=1S/C14H17ClN2O3/c1-16-10-6-8(13(18)12-4-3-5-20-12)9(15)7-11(10)17(2)14(16)19/h6-7,12-13,18H,3-5H2,1-2H3. The largest absolute Gasteiger partial charge is 0.386 e. The molecule has 1 saturated heterocycles. The Morgan fingerprint density at radius 1 is 1.35 bits per heavy atom. The summed E-state index contributed by atoms with van der Waals surface area (Å²) in [5, 5.41) is 10.9. The maximum Gasteiger partial charge on any atom is 0.328 e. The maximum absolute atomic E-state index is 11.9. The highest BCUT2D eigenvalue weighted by Gasteiger charge is 2.27. The Labute approximate surface area is 121 Å². The fourth-order valence-corrected chi connectivity index (χ4v) is 3.08. The van der Waals surface area contributed by atoms with Gasteiger partial charge in [0.1, 0.15) is 6.10 Å². The number of ether oxygens (including phenoxy) is 1. The van der Waals surface area contributed by atoms with Gasteiger partial charge in [-0.2, -0.15) is 0 Å². The Morgan fingerprint density at radius 3 is 2.60 bits per heavy atom. The predicted molar refractivity (Wildman–Crippen MR) is 77.1 cm³/mol. The van der Waals surface area contributed by atoms with Crippen molar-refractivity contribution in [2.75, 3.05) is 6.61 Å². The molecule has 20 heavy (non-hydrogen) atoms. The number of hydrogen-bond acceptors (Lipinski definition) is 3. The Bertz CT molecular complexity index is 713. The molecule has 1 aliphatic rings. The molecule has 0 amide bonds. The summed E-state index contributed by atoms with van der Waals surface area (Å²) in [5.41, 5.74) is 2.02. The lowest BCUT2D eigenvalue weighted by Gasteiger charge is -2.19. The Balaban J connectivity index is 2.14. The number of imidazole rings is 1. The number of nitrogens with zero attached hydrogens (tertiary/aromatic N) is 2. The average molecular weight is 297 g/mol. The first-order chi connectivity index (χ1) is 9.50. The van der Waals surface area contributed by atoms with Crippen LogP contribution in [0.3, 0.4) is 0 Å². The number of benzene rings is 1. The van der Waals surface area contributed by atoms with Gasteiger partial charge in [0.2, 0.25) is 0 Å². The molecule has 0 radical (unpaired) electrons. The molecule has 2 unspecified atom stereocenters. The number of aryl methyl sites for hydroxylation is 2. The predicted octanol–water partition coefficient (Wildman–Crippen LogP) is 1.74. The number of fused-ring (bicyclic) bond motifs is 1. The topological polar surface area (TPSA) is 56.4 Å². The van der Waals surface area contributed by atoms with Crippen LogP contribution in [0.5, 0.6) is 0 Å². The number of hydrogen-bond donors (Lipinski definition) is 1. The fraction of sp³-hybridized carbons (Fsp3) is 0.500. The Hall–Kier alpha value is -1.30. The van der Waals surface area contributed by atoms with E-state index in [9.17, 15) is 9.90 Å². The van der Waals surface area contributed by atoms with Crippen LogP contribution in [0, 0.1) is 0 Å². The van der Waals surface area contributed by atoms with Gasteiger partial charge in [0.25, 0.3) is 0 Å². The van der Waals surface area contributed by atoms with Crippen molar-refractivity contribution in [2.24, 2.45) is 14.1 Å². The van der Waals surface area contributed by atoms with Gasteiger partial charge in [-0.05, 0) is 25.0 Å². The van der Waals surface area contributed by atoms with Gasteiger partial charge in [-0.15, -0.1) is 0 Å². The molecule has 1 aliphatic heterocycles. The second-order valence-corrected chi connectivity index (χ2v) is 5.67. The summed E-state index contributed by atoms with van der Waals surface area (Å²) in [6.07, 6.45) is 0.796. The molecule has 1 N–H and O–H groups in total. The van der Waals surface area contributed by atoms with Gasteiger partial charge >= 0.3 is 5.69 Å². The summed E-state index contributed by atoms with van der Waals surface area (Å²) < 4.78 is 8.61. The van der Waals surface area contributed by atoms with Crippen molar-refractivity contribution in [1.82, 2.24) is 9.13 Å². The summed E-state index contributed by atoms with van der Waals surface area (Å²) in [5.74, 6) is 0. The van der Waals surface area contributed by atoms with Gasteiger partial charge in [-0.1, -0.05) is 11.6 Å². The molecule has 2 aromatic rings. The number of halogens is 1. The van der Waals surface area contributed by atoms with Crippen LogP contribution >= 0.6 is 11.6 Å². The highest BCUT2D eigenvalue weighted by molar-refractivity contribution is 6.32. The smallest absolute Gasteiger partial charge is 0.328 e. The zero-order valence-corrected chi connectivity index (χ0v) is 12.2. The molecule has 6 heteroatoms. The minimum absolute atomic E-state index is 0.111. The van der Waals surface area contributed by atoms with Crippen LogP contribution in [0.15, 0.2) is 16.9 Å². The van der Waals surface area contributed by atoms with Crippen LogP contribution in [-0.4, -0.2) is 27.0 Å². The van der Waals surface area contributed by atoms with E-state index in [4.69, 9.17) is 16.3 Å². The van der Waals surface area contributed by atoms with Crippen LogP contribution in [0.1, 0.15) is 24.5 Å². The lowest BCUT2D eigenvalue weighted by Crippen LogP contribution is -2.19. The van der Waals surface area contributed by atoms with Gasteiger partial charge in [0.05, 0.1) is 17.1 Å². The van der Waals surface area contributed by atoms with E-state index in [1.54, 1.807) is 35.4 Å². The zero-order valence-electron chi connectivity index (χ0n) is 11.5. The highest BCUT2D eigenvalue weighted by atomic mass is 35.5. The molecular weight excluding hydrogens is 280 g/mol. The molecule has 1 fully saturated rings. The number of rotatable bonds is 2. The monoisotopic (exact) mass is 296 g/mol. The highest BCUT2D eigenvalue weighted by Crippen LogP contribution is 2.33. The SMILES string of the molecule is Cn1c(=O)n(C)c2cc(C(O)C3CCCO3)c(Cl)cc21. The van der Waals surface area contributed by atoms with Crippen LogP contribution in [0.2, 0.25) is 5.02 Å². The van der Waals surface area contributed by atoms with E-state index < -0.39 is 6.10 Å². The van der Waals surface area contributed by atoms with Crippen molar-refractivity contribution in [3.05, 3.63) is 33.2 Å². The van der Waals surface area contributed by atoms with Crippen molar-refractivity contribution < 1.29 is 9.84 Å². The maximum atomic E-state index is 11.9. The molecule has 0 saturated carbocycles. The third-order valence-electron chi connectivity index (χ3n) is 4.03. The minimum Gasteiger partial charge on any atom is -0.386 e. The van der Waals surface area contributed by atoms with Gasteiger partial charge in [0.15, 0.2) is 0 Å². The number of aromatic nitrogens is 2. The molecule has 1 aromatic heterocycles. The second-order valence-electron chi connectivity index (χ2n) is 5.26. The Morgan fingerprint density at radius 2 is 2.00 bits per heavy atom. The molecule has 1 aromatic carbocycles. The number of aliphatic hydroxyl groups is 1. The van der Waals surface area contributed by atoms with E-state index in [0.717, 1.165) is 23.9 Å². The molecule has 108 valence electrons. The third-order valence-corrected chi connectivity index (χ3v) is 4.35. The van der Waals surface area contributed by atoms with Crippen molar-refractivity contribution >= 4 is 22.6 Å². The zero-order chi connectivity index (χ0) is 14.4. The Kier molecular flexibility index (Phi) is 3.36. The summed E-state index contributed by atoms with van der Waals surface area (Å²) in [6.45, 7) is 0.672. The first-order valence-electron chi connectivity index (χ1n) is 6.65. The van der Waals surface area contributed by atoms with Crippen LogP contribution in [0.25, 0.3) is 11.0 Å². The van der Waals surface area contributed by atoms with Gasteiger partial charge in [-0.3, -0.25) is 9.13 Å². The lowest BCUT2D eigenvalue weighted by molar-refractivity contribution is -0.00248. The van der Waals surface area contributed by atoms with Gasteiger partial charge in [0, 0.05) is 31.3 Å². The van der Waals surface area contributed by atoms with E-state index in [1.165, 1.54) is 0 Å². The van der Waals surface area contributed by atoms with Gasteiger partial charge in [-0.25, -0.2) is 4.79 Å². The second kappa shape index (κ2) is 4.91. The van der Waals surface area contributed by atoms with E-state index in [-0.39, 0.29) is 11.8 Å². The lowest BCUT2D eigenvalue weighted by atomic mass is 10.0. The average Bonchev–Trinajstić information content (AvgIpc) is 3.03. The molecule has 0 spiro atoms. The van der Waals surface area contributed by atoms with Crippen LogP contribution in [-0.2, 0) is 18.8 Å².